The summed E-state index contributed by atoms with van der Waals surface area (Å²) in [7, 11) is 0. The van der Waals surface area contributed by atoms with Gasteiger partial charge in [-0.1, -0.05) is 35.9 Å². The second-order valence-corrected chi connectivity index (χ2v) is 7.96. The fourth-order valence-corrected chi connectivity index (χ4v) is 3.93. The average molecular weight is 412 g/mol. The number of H-pyrrole nitrogens is 1. The molecule has 2 N–H and O–H groups in total. The first-order chi connectivity index (χ1) is 13.6. The van der Waals surface area contributed by atoms with Gasteiger partial charge in [-0.05, 0) is 43.2 Å². The number of aromatic nitrogens is 6. The van der Waals surface area contributed by atoms with Crippen molar-refractivity contribution in [1.29, 1.82) is 0 Å². The standard InChI is InChI=1S/C19H18ClN7S/c1-3-14-11(2)21-19(15-8-9-16(20)28-15)23-18(14)22-13-6-4-12(5-7-13)10-17-24-26-27-25-17/h4-9H,3,10H2,1-2H3,(H,21,22,23)(H,24,25,26,27). The van der Waals surface area contributed by atoms with Gasteiger partial charge in [0.05, 0.1) is 9.21 Å². The van der Waals surface area contributed by atoms with Crippen molar-refractivity contribution in [2.24, 2.45) is 0 Å². The molecule has 0 unspecified atom stereocenters. The van der Waals surface area contributed by atoms with Gasteiger partial charge in [-0.2, -0.15) is 5.21 Å². The maximum Gasteiger partial charge on any atom is 0.178 e. The second-order valence-electron chi connectivity index (χ2n) is 6.24. The molecule has 3 heterocycles. The van der Waals surface area contributed by atoms with E-state index in [1.54, 1.807) is 0 Å². The van der Waals surface area contributed by atoms with Gasteiger partial charge in [0.15, 0.2) is 11.6 Å². The minimum absolute atomic E-state index is 0.632. The fraction of sp³-hybridized carbons (Fsp3) is 0.211. The van der Waals surface area contributed by atoms with Crippen molar-refractivity contribution in [1.82, 2.24) is 30.6 Å². The van der Waals surface area contributed by atoms with Crippen LogP contribution < -0.4 is 5.32 Å². The molecule has 4 aromatic rings. The van der Waals surface area contributed by atoms with E-state index < -0.39 is 0 Å². The number of nitrogens with one attached hydrogen (secondary N) is 2. The summed E-state index contributed by atoms with van der Waals surface area (Å²) in [5.74, 6) is 2.17. The lowest BCUT2D eigenvalue weighted by molar-refractivity contribution is 0.881. The number of tetrazole rings is 1. The van der Waals surface area contributed by atoms with Crippen LogP contribution in [0.1, 0.15) is 29.6 Å². The first-order valence-corrected chi connectivity index (χ1v) is 10.0. The lowest BCUT2D eigenvalue weighted by atomic mass is 10.1. The molecule has 0 bridgehead atoms. The highest BCUT2D eigenvalue weighted by Crippen LogP contribution is 2.31. The van der Waals surface area contributed by atoms with E-state index in [9.17, 15) is 0 Å². The zero-order chi connectivity index (χ0) is 19.5. The summed E-state index contributed by atoms with van der Waals surface area (Å²) in [6, 6.07) is 11.9. The molecule has 0 saturated carbocycles. The Bertz CT molecular complexity index is 1070. The van der Waals surface area contributed by atoms with E-state index in [4.69, 9.17) is 16.6 Å². The predicted molar refractivity (Wildman–Crippen MR) is 111 cm³/mol. The van der Waals surface area contributed by atoms with E-state index in [2.05, 4.69) is 37.8 Å². The smallest absolute Gasteiger partial charge is 0.178 e. The lowest BCUT2D eigenvalue weighted by Crippen LogP contribution is -2.05. The minimum Gasteiger partial charge on any atom is -0.340 e. The van der Waals surface area contributed by atoms with Crippen LogP contribution in [0, 0.1) is 6.92 Å². The van der Waals surface area contributed by atoms with Crippen molar-refractivity contribution in [3.8, 4) is 10.7 Å². The molecule has 4 rings (SSSR count). The average Bonchev–Trinajstić information content (AvgIpc) is 3.35. The number of rotatable bonds is 6. The van der Waals surface area contributed by atoms with Gasteiger partial charge in [-0.25, -0.2) is 9.97 Å². The van der Waals surface area contributed by atoms with E-state index in [1.165, 1.54) is 11.3 Å². The molecule has 0 saturated heterocycles. The van der Waals surface area contributed by atoms with Gasteiger partial charge >= 0.3 is 0 Å². The SMILES string of the molecule is CCc1c(C)nc(-c2ccc(Cl)s2)nc1Nc1ccc(Cc2nn[nH]n2)cc1. The molecule has 0 aliphatic rings. The van der Waals surface area contributed by atoms with Crippen molar-refractivity contribution in [2.45, 2.75) is 26.7 Å². The van der Waals surface area contributed by atoms with Crippen LogP contribution >= 0.6 is 22.9 Å². The molecule has 0 aliphatic carbocycles. The molecule has 0 radical (unpaired) electrons. The van der Waals surface area contributed by atoms with Crippen LogP contribution in [0.4, 0.5) is 11.5 Å². The van der Waals surface area contributed by atoms with Crippen LogP contribution in [0.15, 0.2) is 36.4 Å². The van der Waals surface area contributed by atoms with E-state index >= 15 is 0 Å². The first-order valence-electron chi connectivity index (χ1n) is 8.84. The second kappa shape index (κ2) is 8.04. The molecule has 0 atom stereocenters. The van der Waals surface area contributed by atoms with Gasteiger partial charge in [0, 0.05) is 23.4 Å². The van der Waals surface area contributed by atoms with Gasteiger partial charge in [0.1, 0.15) is 5.82 Å². The summed E-state index contributed by atoms with van der Waals surface area (Å²) in [6.07, 6.45) is 1.47. The Hall–Kier alpha value is -2.84. The Morgan fingerprint density at radius 2 is 1.93 bits per heavy atom. The number of halogens is 1. The summed E-state index contributed by atoms with van der Waals surface area (Å²) >= 11 is 7.55. The molecule has 9 heteroatoms. The molecular formula is C19H18ClN7S. The zero-order valence-electron chi connectivity index (χ0n) is 15.4. The molecule has 1 aromatic carbocycles. The molecule has 0 aliphatic heterocycles. The normalized spacial score (nSPS) is 11.0. The fourth-order valence-electron chi connectivity index (χ4n) is 2.95. The van der Waals surface area contributed by atoms with Crippen molar-refractivity contribution in [3.05, 3.63) is 63.4 Å². The third-order valence-electron chi connectivity index (χ3n) is 4.33. The third kappa shape index (κ3) is 4.02. The van der Waals surface area contributed by atoms with Crippen molar-refractivity contribution >= 4 is 34.4 Å². The largest absolute Gasteiger partial charge is 0.340 e. The van der Waals surface area contributed by atoms with Crippen LogP contribution in [0.5, 0.6) is 0 Å². The molecular weight excluding hydrogens is 394 g/mol. The number of hydrogen-bond acceptors (Lipinski definition) is 7. The number of benzene rings is 1. The maximum absolute atomic E-state index is 6.08. The Morgan fingerprint density at radius 3 is 2.57 bits per heavy atom. The minimum atomic E-state index is 0.632. The van der Waals surface area contributed by atoms with E-state index in [0.29, 0.717) is 18.1 Å². The Kier molecular flexibility index (Phi) is 5.31. The molecule has 0 fully saturated rings. The Labute approximate surface area is 171 Å². The van der Waals surface area contributed by atoms with Crippen molar-refractivity contribution in [2.75, 3.05) is 5.32 Å². The first kappa shape index (κ1) is 18.5. The number of thiophene rings is 1. The molecule has 0 amide bonds. The summed E-state index contributed by atoms with van der Waals surface area (Å²) in [4.78, 5) is 10.4. The van der Waals surface area contributed by atoms with Crippen LogP contribution in [0.2, 0.25) is 4.34 Å². The number of nitrogens with zero attached hydrogens (tertiary/aromatic N) is 5. The third-order valence-corrected chi connectivity index (χ3v) is 5.56. The number of aryl methyl sites for hydroxylation is 1. The van der Waals surface area contributed by atoms with Crippen LogP contribution in [-0.2, 0) is 12.8 Å². The number of hydrogen-bond donors (Lipinski definition) is 2. The topological polar surface area (TPSA) is 92.3 Å². The number of anilines is 2. The molecule has 0 spiro atoms. The van der Waals surface area contributed by atoms with Crippen LogP contribution in [0.3, 0.4) is 0 Å². The van der Waals surface area contributed by atoms with Crippen LogP contribution in [0.25, 0.3) is 10.7 Å². The van der Waals surface area contributed by atoms with Gasteiger partial charge in [0.25, 0.3) is 0 Å². The highest BCUT2D eigenvalue weighted by molar-refractivity contribution is 7.19. The molecule has 142 valence electrons. The van der Waals surface area contributed by atoms with Gasteiger partial charge in [0.2, 0.25) is 0 Å². The zero-order valence-corrected chi connectivity index (χ0v) is 17.0. The highest BCUT2D eigenvalue weighted by Gasteiger charge is 2.13. The van der Waals surface area contributed by atoms with Gasteiger partial charge < -0.3 is 5.32 Å². The predicted octanol–water partition coefficient (Wildman–Crippen LogP) is 4.58. The van der Waals surface area contributed by atoms with Crippen molar-refractivity contribution < 1.29 is 0 Å². The monoisotopic (exact) mass is 411 g/mol. The summed E-state index contributed by atoms with van der Waals surface area (Å²) in [5.41, 5.74) is 4.13. The molecule has 28 heavy (non-hydrogen) atoms. The summed E-state index contributed by atoms with van der Waals surface area (Å²) in [6.45, 7) is 4.12. The highest BCUT2D eigenvalue weighted by atomic mass is 35.5. The lowest BCUT2D eigenvalue weighted by Gasteiger charge is -2.14. The Morgan fingerprint density at radius 1 is 1.11 bits per heavy atom. The summed E-state index contributed by atoms with van der Waals surface area (Å²) < 4.78 is 0.725. The maximum atomic E-state index is 6.08. The molecule has 3 aromatic heterocycles. The number of aromatic amines is 1. The van der Waals surface area contributed by atoms with Gasteiger partial charge in [-0.15, -0.1) is 21.5 Å². The van der Waals surface area contributed by atoms with Crippen LogP contribution in [-0.4, -0.2) is 30.6 Å². The molecule has 7 nitrogen and oxygen atoms in total. The van der Waals surface area contributed by atoms with E-state index in [1.807, 2.05) is 43.3 Å². The van der Waals surface area contributed by atoms with Gasteiger partial charge in [-0.3, -0.25) is 0 Å². The Balaban J connectivity index is 1.60. The van der Waals surface area contributed by atoms with Crippen molar-refractivity contribution in [3.63, 3.8) is 0 Å². The quantitative estimate of drug-likeness (QED) is 0.482. The van der Waals surface area contributed by atoms with E-state index in [0.717, 1.165) is 44.0 Å². The van der Waals surface area contributed by atoms with E-state index in [-0.39, 0.29) is 0 Å². The summed E-state index contributed by atoms with van der Waals surface area (Å²) in [5, 5.41) is 17.5.